The number of benzene rings is 2. The van der Waals surface area contributed by atoms with E-state index in [-0.39, 0.29) is 29.6 Å². The van der Waals surface area contributed by atoms with Gasteiger partial charge in [0.1, 0.15) is 0 Å². The Balaban J connectivity index is 0.00000162. The summed E-state index contributed by atoms with van der Waals surface area (Å²) < 4.78 is 12.0. The summed E-state index contributed by atoms with van der Waals surface area (Å²) in [5.74, 6) is 2.25. The maximum atomic E-state index is 12.0. The minimum absolute atomic E-state index is 0. The second-order valence-electron chi connectivity index (χ2n) is 3.60. The SMILES string of the molecule is O=S([CH-]c1ccc(CCl)cc1)c1ccccc1.[Na+]. The molecule has 88 valence electrons. The molecule has 0 aliphatic carbocycles. The van der Waals surface area contributed by atoms with Crippen LogP contribution < -0.4 is 29.6 Å². The Kier molecular flexibility index (Phi) is 7.05. The third kappa shape index (κ3) is 4.45. The molecule has 0 amide bonds. The zero-order valence-corrected chi connectivity index (χ0v) is 13.7. The summed E-state index contributed by atoms with van der Waals surface area (Å²) in [6, 6.07) is 17.2. The molecule has 18 heavy (non-hydrogen) atoms. The molecule has 0 saturated heterocycles. The van der Waals surface area contributed by atoms with E-state index in [0.717, 1.165) is 16.0 Å². The molecule has 0 radical (unpaired) electrons. The summed E-state index contributed by atoms with van der Waals surface area (Å²) in [4.78, 5) is 0.814. The zero-order chi connectivity index (χ0) is 12.1. The second-order valence-corrected chi connectivity index (χ2v) is 5.17. The van der Waals surface area contributed by atoms with Gasteiger partial charge in [-0.25, -0.2) is 0 Å². The molecule has 2 rings (SSSR count). The summed E-state index contributed by atoms with van der Waals surface area (Å²) >= 11 is 5.71. The number of alkyl halides is 1. The van der Waals surface area contributed by atoms with Crippen LogP contribution in [-0.4, -0.2) is 4.21 Å². The van der Waals surface area contributed by atoms with E-state index in [9.17, 15) is 4.21 Å². The van der Waals surface area contributed by atoms with E-state index in [1.165, 1.54) is 0 Å². The predicted octanol–water partition coefficient (Wildman–Crippen LogP) is 0.747. The first-order valence-electron chi connectivity index (χ1n) is 5.25. The summed E-state index contributed by atoms with van der Waals surface area (Å²) in [5.41, 5.74) is 2.01. The average molecular weight is 287 g/mol. The Morgan fingerprint density at radius 2 is 1.61 bits per heavy atom. The summed E-state index contributed by atoms with van der Waals surface area (Å²) in [6.45, 7) is 0. The van der Waals surface area contributed by atoms with Gasteiger partial charge in [0.05, 0.1) is 0 Å². The van der Waals surface area contributed by atoms with E-state index >= 15 is 0 Å². The molecule has 0 aliphatic heterocycles. The first-order chi connectivity index (χ1) is 8.29. The largest absolute Gasteiger partial charge is 1.00 e. The molecule has 2 aromatic rings. The van der Waals surface area contributed by atoms with Crippen molar-refractivity contribution in [3.63, 3.8) is 0 Å². The van der Waals surface area contributed by atoms with Gasteiger partial charge in [-0.05, 0) is 12.1 Å². The van der Waals surface area contributed by atoms with Crippen LogP contribution in [0, 0.1) is 5.75 Å². The zero-order valence-electron chi connectivity index (χ0n) is 10.2. The number of hydrogen-bond donors (Lipinski definition) is 0. The topological polar surface area (TPSA) is 17.1 Å². The van der Waals surface area contributed by atoms with Gasteiger partial charge in [-0.3, -0.25) is 4.21 Å². The predicted molar refractivity (Wildman–Crippen MR) is 72.3 cm³/mol. The fourth-order valence-electron chi connectivity index (χ4n) is 1.43. The Hall–Kier alpha value is -0.250. The van der Waals surface area contributed by atoms with E-state index in [2.05, 4.69) is 0 Å². The smallest absolute Gasteiger partial charge is 0.263 e. The molecule has 0 spiro atoms. The van der Waals surface area contributed by atoms with Crippen LogP contribution in [0.3, 0.4) is 0 Å². The Bertz CT molecular complexity index is 499. The number of halogens is 1. The van der Waals surface area contributed by atoms with Crippen molar-refractivity contribution in [2.45, 2.75) is 10.8 Å². The molecule has 1 unspecified atom stereocenters. The van der Waals surface area contributed by atoms with E-state index < -0.39 is 10.8 Å². The van der Waals surface area contributed by atoms with Crippen molar-refractivity contribution in [1.29, 1.82) is 0 Å². The van der Waals surface area contributed by atoms with Crippen LogP contribution in [0.1, 0.15) is 11.1 Å². The van der Waals surface area contributed by atoms with Gasteiger partial charge in [0, 0.05) is 21.6 Å². The molecule has 0 bridgehead atoms. The van der Waals surface area contributed by atoms with Crippen molar-refractivity contribution in [2.24, 2.45) is 0 Å². The van der Waals surface area contributed by atoms with Crippen molar-refractivity contribution in [3.8, 4) is 0 Å². The molecule has 0 fully saturated rings. The molecule has 1 nitrogen and oxygen atoms in total. The number of rotatable bonds is 4. The van der Waals surface area contributed by atoms with E-state index in [0.29, 0.717) is 5.88 Å². The van der Waals surface area contributed by atoms with Crippen LogP contribution in [0.25, 0.3) is 0 Å². The first kappa shape index (κ1) is 15.8. The monoisotopic (exact) mass is 286 g/mol. The summed E-state index contributed by atoms with van der Waals surface area (Å²) in [7, 11) is -1.10. The second kappa shape index (κ2) is 8.03. The number of hydrogen-bond acceptors (Lipinski definition) is 1. The molecule has 0 aromatic heterocycles. The quantitative estimate of drug-likeness (QED) is 0.460. The van der Waals surface area contributed by atoms with Crippen LogP contribution >= 0.6 is 11.6 Å². The molecular weight excluding hydrogens is 275 g/mol. The first-order valence-corrected chi connectivity index (χ1v) is 7.00. The molecule has 0 saturated carbocycles. The summed E-state index contributed by atoms with van der Waals surface area (Å²) in [6.07, 6.45) is 0. The standard InChI is InChI=1S/C14H12ClOS.Na/c15-10-12-6-8-13(9-7-12)11-17(16)14-4-2-1-3-5-14;/h1-9,11H,10H2;/q-1;+1. The van der Waals surface area contributed by atoms with Gasteiger partial charge in [0.15, 0.2) is 0 Å². The maximum absolute atomic E-state index is 12.0. The van der Waals surface area contributed by atoms with Crippen LogP contribution in [0.5, 0.6) is 0 Å². The van der Waals surface area contributed by atoms with Crippen LogP contribution in [0.15, 0.2) is 59.5 Å². The molecular formula is C14H12ClNaOS. The molecule has 0 heterocycles. The Morgan fingerprint density at radius 3 is 2.17 bits per heavy atom. The Labute approximate surface area is 137 Å². The third-order valence-electron chi connectivity index (χ3n) is 2.35. The molecule has 0 N–H and O–H groups in total. The van der Waals surface area contributed by atoms with Crippen molar-refractivity contribution in [1.82, 2.24) is 0 Å². The van der Waals surface area contributed by atoms with Crippen LogP contribution in [-0.2, 0) is 16.7 Å². The van der Waals surface area contributed by atoms with Crippen molar-refractivity contribution < 1.29 is 33.8 Å². The minimum Gasteiger partial charge on any atom is -0.263 e. The van der Waals surface area contributed by atoms with Crippen LogP contribution in [0.2, 0.25) is 0 Å². The van der Waals surface area contributed by atoms with Gasteiger partial charge in [-0.2, -0.15) is 17.7 Å². The van der Waals surface area contributed by atoms with Gasteiger partial charge in [-0.15, -0.1) is 23.7 Å². The minimum atomic E-state index is -1.10. The molecule has 4 heteroatoms. The van der Waals surface area contributed by atoms with Crippen molar-refractivity contribution in [3.05, 3.63) is 71.5 Å². The molecule has 2 aromatic carbocycles. The van der Waals surface area contributed by atoms with Gasteiger partial charge < -0.3 is 0 Å². The fraction of sp³-hybridized carbons (Fsp3) is 0.0714. The Morgan fingerprint density at radius 1 is 1.00 bits per heavy atom. The molecule has 1 atom stereocenters. The van der Waals surface area contributed by atoms with Crippen molar-refractivity contribution >= 4 is 22.4 Å². The average Bonchev–Trinajstić information content (AvgIpc) is 2.40. The fourth-order valence-corrected chi connectivity index (χ4v) is 2.58. The van der Waals surface area contributed by atoms with Gasteiger partial charge in [0.25, 0.3) is 0 Å². The van der Waals surface area contributed by atoms with E-state index in [1.807, 2.05) is 54.6 Å². The van der Waals surface area contributed by atoms with Gasteiger partial charge >= 0.3 is 29.6 Å². The van der Waals surface area contributed by atoms with Crippen LogP contribution in [0.4, 0.5) is 0 Å². The molecule has 0 aliphatic rings. The van der Waals surface area contributed by atoms with E-state index in [4.69, 9.17) is 11.6 Å². The third-order valence-corrected chi connectivity index (χ3v) is 3.88. The maximum Gasteiger partial charge on any atom is 1.00 e. The normalized spacial score (nSPS) is 11.4. The van der Waals surface area contributed by atoms with Gasteiger partial charge in [-0.1, -0.05) is 29.5 Å². The summed E-state index contributed by atoms with van der Waals surface area (Å²) in [5, 5.41) is 0. The van der Waals surface area contributed by atoms with Crippen molar-refractivity contribution in [2.75, 3.05) is 0 Å². The van der Waals surface area contributed by atoms with E-state index in [1.54, 1.807) is 5.75 Å². The van der Waals surface area contributed by atoms with Gasteiger partial charge in [0.2, 0.25) is 0 Å².